The van der Waals surface area contributed by atoms with Crippen LogP contribution >= 0.6 is 0 Å². The Labute approximate surface area is 236 Å². The van der Waals surface area contributed by atoms with Crippen LogP contribution < -0.4 is 21.1 Å². The van der Waals surface area contributed by atoms with Crippen LogP contribution in [0.2, 0.25) is 0 Å². The molecule has 2 aromatic rings. The zero-order valence-corrected chi connectivity index (χ0v) is 24.0. The molecule has 0 radical (unpaired) electrons. The second kappa shape index (κ2) is 12.5. The van der Waals surface area contributed by atoms with E-state index in [9.17, 15) is 18.0 Å². The molecule has 216 valence electrons. The highest BCUT2D eigenvalue weighted by molar-refractivity contribution is 7.89. The monoisotopic (exact) mass is 568 g/mol. The second-order valence-electron chi connectivity index (χ2n) is 11.5. The number of pyridine rings is 1. The summed E-state index contributed by atoms with van der Waals surface area (Å²) in [5.41, 5.74) is 7.20. The Kier molecular flexibility index (Phi) is 9.25. The normalized spacial score (nSPS) is 20.1. The van der Waals surface area contributed by atoms with Crippen molar-refractivity contribution in [2.75, 3.05) is 5.75 Å². The number of nitrogens with one attached hydrogen (secondary N) is 4. The number of hydrogen-bond acceptors (Lipinski definition) is 6. The predicted octanol–water partition coefficient (Wildman–Crippen LogP) is 2.16. The lowest BCUT2D eigenvalue weighted by atomic mass is 9.91. The molecule has 2 atom stereocenters. The summed E-state index contributed by atoms with van der Waals surface area (Å²) in [5, 5.41) is 13.4. The third kappa shape index (κ3) is 7.25. The number of carbonyl (C=O) groups excluding carboxylic acids is 2. The van der Waals surface area contributed by atoms with Crippen LogP contribution in [0.5, 0.6) is 0 Å². The van der Waals surface area contributed by atoms with E-state index in [4.69, 9.17) is 11.1 Å². The number of benzene rings is 1. The van der Waals surface area contributed by atoms with Gasteiger partial charge in [0.05, 0.1) is 5.75 Å². The van der Waals surface area contributed by atoms with Gasteiger partial charge in [-0.05, 0) is 41.9 Å². The molecule has 0 saturated heterocycles. The molecule has 0 spiro atoms. The van der Waals surface area contributed by atoms with Gasteiger partial charge in [0.2, 0.25) is 21.8 Å². The largest absolute Gasteiger partial charge is 0.384 e. The Bertz CT molecular complexity index is 1310. The second-order valence-corrected chi connectivity index (χ2v) is 13.3. The van der Waals surface area contributed by atoms with Crippen molar-refractivity contribution in [2.24, 2.45) is 17.6 Å². The number of rotatable bonds is 11. The van der Waals surface area contributed by atoms with E-state index >= 15 is 0 Å². The van der Waals surface area contributed by atoms with Gasteiger partial charge in [-0.15, -0.1) is 0 Å². The average molecular weight is 569 g/mol. The van der Waals surface area contributed by atoms with Crippen LogP contribution in [-0.2, 0) is 39.0 Å². The molecule has 1 heterocycles. The Balaban J connectivity index is 1.50. The van der Waals surface area contributed by atoms with Crippen molar-refractivity contribution < 1.29 is 18.0 Å². The van der Waals surface area contributed by atoms with Crippen molar-refractivity contribution in [1.82, 2.24) is 20.3 Å². The molecule has 11 heteroatoms. The maximum atomic E-state index is 13.7. The Morgan fingerprint density at radius 2 is 1.80 bits per heavy atom. The van der Waals surface area contributed by atoms with Crippen molar-refractivity contribution in [3.8, 4) is 0 Å². The summed E-state index contributed by atoms with van der Waals surface area (Å²) >= 11 is 0. The van der Waals surface area contributed by atoms with Crippen LogP contribution in [-0.4, -0.2) is 48.4 Å². The fourth-order valence-corrected chi connectivity index (χ4v) is 7.45. The van der Waals surface area contributed by atoms with Crippen LogP contribution in [0.25, 0.3) is 0 Å². The third-order valence-electron chi connectivity index (χ3n) is 7.90. The third-order valence-corrected chi connectivity index (χ3v) is 9.42. The minimum Gasteiger partial charge on any atom is -0.384 e. The summed E-state index contributed by atoms with van der Waals surface area (Å²) in [6.07, 6.45) is 7.05. The Hall–Kier alpha value is -3.31. The topological polar surface area (TPSA) is 167 Å². The van der Waals surface area contributed by atoms with Gasteiger partial charge in [-0.3, -0.25) is 20.0 Å². The molecule has 1 fully saturated rings. The number of carbonyl (C=O) groups is 2. The smallest absolute Gasteiger partial charge is 0.246 e. The van der Waals surface area contributed by atoms with E-state index in [-0.39, 0.29) is 48.7 Å². The number of aromatic nitrogens is 1. The minimum absolute atomic E-state index is 0.00685. The molecule has 40 heavy (non-hydrogen) atoms. The maximum absolute atomic E-state index is 13.7. The number of amidine groups is 1. The Morgan fingerprint density at radius 1 is 1.10 bits per heavy atom. The van der Waals surface area contributed by atoms with Crippen LogP contribution in [0.15, 0.2) is 42.6 Å². The lowest BCUT2D eigenvalue weighted by Crippen LogP contribution is -2.63. The van der Waals surface area contributed by atoms with Gasteiger partial charge in [0.25, 0.3) is 0 Å². The average Bonchev–Trinajstić information content (AvgIpc) is 3.30. The SMILES string of the molecule is CC(C)[C@@H](NS(=O)(=O)CC1CCCCC1)C(=O)NC1(C(=O)NCc2ccc(C(=N)N)cc2)Cc2cccnc2C1. The molecule has 1 saturated carbocycles. The highest BCUT2D eigenvalue weighted by atomic mass is 32.2. The van der Waals surface area contributed by atoms with Gasteiger partial charge in [0, 0.05) is 36.8 Å². The highest BCUT2D eigenvalue weighted by Gasteiger charge is 2.47. The van der Waals surface area contributed by atoms with Crippen molar-refractivity contribution in [2.45, 2.75) is 76.9 Å². The maximum Gasteiger partial charge on any atom is 0.246 e. The number of fused-ring (bicyclic) bond motifs is 1. The highest BCUT2D eigenvalue weighted by Crippen LogP contribution is 2.30. The number of nitrogens with zero attached hydrogens (tertiary/aromatic N) is 1. The molecule has 2 aliphatic carbocycles. The summed E-state index contributed by atoms with van der Waals surface area (Å²) in [6, 6.07) is 9.64. The fourth-order valence-electron chi connectivity index (χ4n) is 5.64. The molecule has 1 aromatic heterocycles. The quantitative estimate of drug-likeness (QED) is 0.206. The lowest BCUT2D eigenvalue weighted by Gasteiger charge is -2.32. The number of nitrogens with two attached hydrogens (primary N) is 1. The van der Waals surface area contributed by atoms with Crippen molar-refractivity contribution >= 4 is 27.7 Å². The molecular formula is C29H40N6O4S. The van der Waals surface area contributed by atoms with Crippen molar-refractivity contribution in [3.05, 3.63) is 65.0 Å². The fraction of sp³-hybridized carbons (Fsp3) is 0.517. The van der Waals surface area contributed by atoms with E-state index < -0.39 is 27.5 Å². The van der Waals surface area contributed by atoms with E-state index in [1.807, 2.05) is 6.07 Å². The van der Waals surface area contributed by atoms with Gasteiger partial charge < -0.3 is 16.4 Å². The van der Waals surface area contributed by atoms with Crippen molar-refractivity contribution in [3.63, 3.8) is 0 Å². The van der Waals surface area contributed by atoms with Gasteiger partial charge >= 0.3 is 0 Å². The molecule has 10 nitrogen and oxygen atoms in total. The van der Waals surface area contributed by atoms with E-state index in [1.54, 1.807) is 50.4 Å². The number of sulfonamides is 1. The molecule has 0 bridgehead atoms. The number of hydrogen-bond donors (Lipinski definition) is 5. The first kappa shape index (κ1) is 29.7. The van der Waals surface area contributed by atoms with Gasteiger partial charge in [-0.1, -0.05) is 63.4 Å². The van der Waals surface area contributed by atoms with Crippen LogP contribution in [0.3, 0.4) is 0 Å². The molecule has 4 rings (SSSR count). The van der Waals surface area contributed by atoms with Crippen LogP contribution in [0, 0.1) is 17.2 Å². The first-order chi connectivity index (χ1) is 19.0. The molecule has 1 aromatic carbocycles. The first-order valence-corrected chi connectivity index (χ1v) is 15.6. The van der Waals surface area contributed by atoms with Gasteiger partial charge in [0.15, 0.2) is 0 Å². The number of amides is 2. The standard InChI is InChI=1S/C29H40N6O4S/c1-19(2)25(35-40(38,39)18-21-7-4-3-5-8-21)27(36)34-29(15-23-9-6-14-32-24(23)16-29)28(37)33-17-20-10-12-22(13-11-20)26(30)31/h6,9-14,19,21,25,35H,3-5,7-8,15-18H2,1-2H3,(H3,30,31)(H,33,37)(H,34,36)/t25-,29?/m1/s1. The summed E-state index contributed by atoms with van der Waals surface area (Å²) in [5.74, 6) is -1.17. The zero-order valence-electron chi connectivity index (χ0n) is 23.2. The predicted molar refractivity (Wildman–Crippen MR) is 154 cm³/mol. The van der Waals surface area contributed by atoms with Gasteiger partial charge in [0.1, 0.15) is 17.4 Å². The van der Waals surface area contributed by atoms with E-state index in [1.165, 1.54) is 0 Å². The summed E-state index contributed by atoms with van der Waals surface area (Å²) < 4.78 is 28.8. The first-order valence-electron chi connectivity index (χ1n) is 13.9. The molecular weight excluding hydrogens is 528 g/mol. The Morgan fingerprint density at radius 3 is 2.42 bits per heavy atom. The van der Waals surface area contributed by atoms with Crippen molar-refractivity contribution in [1.29, 1.82) is 5.41 Å². The summed E-state index contributed by atoms with van der Waals surface area (Å²) in [7, 11) is -3.70. The molecule has 1 unspecified atom stereocenters. The minimum atomic E-state index is -3.70. The molecule has 6 N–H and O–H groups in total. The van der Waals surface area contributed by atoms with E-state index in [2.05, 4.69) is 20.3 Å². The summed E-state index contributed by atoms with van der Waals surface area (Å²) in [4.78, 5) is 31.8. The summed E-state index contributed by atoms with van der Waals surface area (Å²) in [6.45, 7) is 3.78. The van der Waals surface area contributed by atoms with Crippen LogP contribution in [0.4, 0.5) is 0 Å². The van der Waals surface area contributed by atoms with E-state index in [0.29, 0.717) is 5.56 Å². The van der Waals surface area contributed by atoms with Gasteiger partial charge in [-0.2, -0.15) is 0 Å². The molecule has 2 aliphatic rings. The molecule has 0 aliphatic heterocycles. The van der Waals surface area contributed by atoms with Gasteiger partial charge in [-0.25, -0.2) is 13.1 Å². The van der Waals surface area contributed by atoms with Crippen LogP contribution in [0.1, 0.15) is 68.3 Å². The van der Waals surface area contributed by atoms with E-state index in [0.717, 1.165) is 48.9 Å². The zero-order chi connectivity index (χ0) is 28.9. The lowest BCUT2D eigenvalue weighted by molar-refractivity contribution is -0.134. The number of nitrogen functional groups attached to an aromatic ring is 1. The molecule has 2 amide bonds.